The molecule has 232 valence electrons. The summed E-state index contributed by atoms with van der Waals surface area (Å²) in [6.07, 6.45) is 5.64. The molecule has 0 bridgehead atoms. The van der Waals surface area contributed by atoms with Crippen molar-refractivity contribution in [2.45, 2.75) is 57.7 Å². The van der Waals surface area contributed by atoms with E-state index in [9.17, 15) is 15.3 Å². The average molecular weight is 604 g/mol. The first-order valence-electron chi connectivity index (χ1n) is 16.0. The fourth-order valence-corrected chi connectivity index (χ4v) is 7.34. The van der Waals surface area contributed by atoms with Crippen LogP contribution in [0.4, 0.5) is 11.4 Å². The summed E-state index contributed by atoms with van der Waals surface area (Å²) in [6, 6.07) is 17.5. The fraction of sp³-hybridized carbons (Fsp3) is 0.444. The molecular formula is C36H41N7O2. The van der Waals surface area contributed by atoms with Gasteiger partial charge in [-0.25, -0.2) is 4.98 Å². The van der Waals surface area contributed by atoms with Gasteiger partial charge in [0.25, 0.3) is 0 Å². The van der Waals surface area contributed by atoms with Crippen LogP contribution in [0.5, 0.6) is 5.88 Å². The van der Waals surface area contributed by atoms with Gasteiger partial charge in [0.2, 0.25) is 11.8 Å². The Morgan fingerprint density at radius 1 is 1.09 bits per heavy atom. The van der Waals surface area contributed by atoms with Crippen LogP contribution < -0.4 is 14.5 Å². The SMILES string of the molecule is C=CC(=O)N1CCN(c2c(C#N)c(OCC3CCCCN3C)nc3c2CCN(c2cccc4cccc(C)c24)C3)CC1CC#N. The second kappa shape index (κ2) is 13.2. The van der Waals surface area contributed by atoms with E-state index >= 15 is 0 Å². The summed E-state index contributed by atoms with van der Waals surface area (Å²) in [4.78, 5) is 26.4. The number of aromatic nitrogens is 1. The number of likely N-dealkylation sites (N-methyl/N-ethyl adjacent to an activating group) is 1. The summed E-state index contributed by atoms with van der Waals surface area (Å²) < 4.78 is 6.47. The number of piperazine rings is 1. The zero-order chi connectivity index (χ0) is 31.5. The first kappa shape index (κ1) is 30.4. The van der Waals surface area contributed by atoms with Gasteiger partial charge in [-0.2, -0.15) is 10.5 Å². The molecule has 1 aromatic heterocycles. The monoisotopic (exact) mass is 603 g/mol. The number of carbonyl (C=O) groups excluding carboxylic acids is 1. The van der Waals surface area contributed by atoms with Crippen molar-refractivity contribution in [1.29, 1.82) is 10.5 Å². The van der Waals surface area contributed by atoms with Crippen LogP contribution in [0, 0.1) is 29.6 Å². The van der Waals surface area contributed by atoms with Gasteiger partial charge in [0, 0.05) is 48.9 Å². The number of anilines is 2. The minimum Gasteiger partial charge on any atom is -0.475 e. The summed E-state index contributed by atoms with van der Waals surface area (Å²) >= 11 is 0. The van der Waals surface area contributed by atoms with E-state index in [0.717, 1.165) is 42.9 Å². The van der Waals surface area contributed by atoms with Crippen LogP contribution in [-0.2, 0) is 17.8 Å². The van der Waals surface area contributed by atoms with Gasteiger partial charge >= 0.3 is 0 Å². The molecular weight excluding hydrogens is 562 g/mol. The molecule has 4 heterocycles. The number of nitriles is 2. The van der Waals surface area contributed by atoms with Crippen molar-refractivity contribution in [3.8, 4) is 18.0 Å². The molecule has 9 heteroatoms. The van der Waals surface area contributed by atoms with Gasteiger partial charge in [-0.15, -0.1) is 0 Å². The molecule has 2 aromatic carbocycles. The van der Waals surface area contributed by atoms with Gasteiger partial charge in [0.15, 0.2) is 0 Å². The van der Waals surface area contributed by atoms with Crippen molar-refractivity contribution in [3.05, 3.63) is 71.4 Å². The molecule has 45 heavy (non-hydrogen) atoms. The molecule has 2 saturated heterocycles. The fourth-order valence-electron chi connectivity index (χ4n) is 7.34. The Kier molecular flexibility index (Phi) is 8.91. The number of aryl methyl sites for hydroxylation is 1. The molecule has 2 atom stereocenters. The molecule has 0 N–H and O–H groups in total. The number of likely N-dealkylation sites (tertiary alicyclic amines) is 1. The lowest BCUT2D eigenvalue weighted by atomic mass is 9.95. The van der Waals surface area contributed by atoms with Crippen LogP contribution in [0.15, 0.2) is 49.1 Å². The zero-order valence-corrected chi connectivity index (χ0v) is 26.3. The molecule has 2 fully saturated rings. The second-order valence-corrected chi connectivity index (χ2v) is 12.4. The lowest BCUT2D eigenvalue weighted by Crippen LogP contribution is -2.55. The van der Waals surface area contributed by atoms with Crippen LogP contribution >= 0.6 is 0 Å². The number of nitrogens with zero attached hydrogens (tertiary/aromatic N) is 7. The topological polar surface area (TPSA) is 99.7 Å². The number of benzene rings is 2. The minimum atomic E-state index is -0.302. The standard InChI is InChI=1S/C36H41N7O2/c1-4-33(44)43-20-19-42(22-27(43)14-16-37)35-29-15-18-41(32-13-8-11-26-10-7-9-25(2)34(26)32)23-31(29)39-36(30(35)21-38)45-24-28-12-5-6-17-40(28)3/h4,7-11,13,27-28H,1,5-6,12,14-15,17-20,22-24H2,2-3H3. The lowest BCUT2D eigenvalue weighted by Gasteiger charge is -2.43. The Labute approximate surface area is 265 Å². The normalized spacial score (nSPS) is 20.3. The second-order valence-electron chi connectivity index (χ2n) is 12.4. The molecule has 3 aliphatic rings. The molecule has 0 radical (unpaired) electrons. The summed E-state index contributed by atoms with van der Waals surface area (Å²) in [6.45, 7) is 10.1. The van der Waals surface area contributed by atoms with Crippen LogP contribution in [0.3, 0.4) is 0 Å². The zero-order valence-electron chi connectivity index (χ0n) is 26.3. The van der Waals surface area contributed by atoms with E-state index < -0.39 is 0 Å². The molecule has 2 unspecified atom stereocenters. The largest absolute Gasteiger partial charge is 0.475 e. The van der Waals surface area contributed by atoms with E-state index in [2.05, 4.69) is 83.8 Å². The van der Waals surface area contributed by atoms with Crippen LogP contribution in [0.1, 0.15) is 48.1 Å². The summed E-state index contributed by atoms with van der Waals surface area (Å²) in [7, 11) is 2.13. The van der Waals surface area contributed by atoms with E-state index in [0.29, 0.717) is 44.2 Å². The van der Waals surface area contributed by atoms with Gasteiger partial charge < -0.3 is 24.3 Å². The first-order valence-corrected chi connectivity index (χ1v) is 16.0. The molecule has 6 rings (SSSR count). The number of fused-ring (bicyclic) bond motifs is 2. The molecule has 0 aliphatic carbocycles. The van der Waals surface area contributed by atoms with Crippen LogP contribution in [0.25, 0.3) is 10.8 Å². The first-order chi connectivity index (χ1) is 21.9. The van der Waals surface area contributed by atoms with Gasteiger partial charge in [0.05, 0.1) is 36.5 Å². The van der Waals surface area contributed by atoms with E-state index in [4.69, 9.17) is 9.72 Å². The number of pyridine rings is 1. The smallest absolute Gasteiger partial charge is 0.246 e. The highest BCUT2D eigenvalue weighted by Gasteiger charge is 2.35. The van der Waals surface area contributed by atoms with Gasteiger partial charge in [-0.1, -0.05) is 43.3 Å². The highest BCUT2D eigenvalue weighted by atomic mass is 16.5. The van der Waals surface area contributed by atoms with E-state index in [1.54, 1.807) is 4.90 Å². The quantitative estimate of drug-likeness (QED) is 0.350. The number of piperidine rings is 1. The number of rotatable bonds is 7. The maximum atomic E-state index is 12.6. The summed E-state index contributed by atoms with van der Waals surface area (Å²) in [5.41, 5.74) is 5.67. The number of ether oxygens (including phenoxy) is 1. The highest BCUT2D eigenvalue weighted by Crippen LogP contribution is 2.40. The average Bonchev–Trinajstić information content (AvgIpc) is 3.06. The predicted molar refractivity (Wildman–Crippen MR) is 176 cm³/mol. The van der Waals surface area contributed by atoms with Crippen molar-refractivity contribution in [3.63, 3.8) is 0 Å². The van der Waals surface area contributed by atoms with E-state index in [1.165, 1.54) is 40.9 Å². The van der Waals surface area contributed by atoms with Crippen molar-refractivity contribution in [2.75, 3.05) is 56.2 Å². The highest BCUT2D eigenvalue weighted by molar-refractivity contribution is 5.97. The van der Waals surface area contributed by atoms with Gasteiger partial charge in [-0.3, -0.25) is 4.79 Å². The minimum absolute atomic E-state index is 0.172. The van der Waals surface area contributed by atoms with Crippen molar-refractivity contribution < 1.29 is 9.53 Å². The maximum Gasteiger partial charge on any atom is 0.246 e. The lowest BCUT2D eigenvalue weighted by molar-refractivity contribution is -0.128. The number of hydrogen-bond acceptors (Lipinski definition) is 8. The molecule has 3 aliphatic heterocycles. The van der Waals surface area contributed by atoms with Gasteiger partial charge in [0.1, 0.15) is 18.2 Å². The van der Waals surface area contributed by atoms with Crippen LogP contribution in [-0.4, -0.2) is 79.2 Å². The van der Waals surface area contributed by atoms with E-state index in [-0.39, 0.29) is 24.4 Å². The van der Waals surface area contributed by atoms with Crippen molar-refractivity contribution in [2.24, 2.45) is 0 Å². The van der Waals surface area contributed by atoms with Crippen LogP contribution in [0.2, 0.25) is 0 Å². The summed E-state index contributed by atoms with van der Waals surface area (Å²) in [5.74, 6) is 0.205. The Morgan fingerprint density at radius 2 is 1.91 bits per heavy atom. The molecule has 1 amide bonds. The van der Waals surface area contributed by atoms with Crippen molar-refractivity contribution >= 4 is 28.1 Å². The number of hydrogen-bond donors (Lipinski definition) is 0. The molecule has 0 spiro atoms. The Hall–Kier alpha value is -4.60. The third kappa shape index (κ3) is 5.93. The Morgan fingerprint density at radius 3 is 2.67 bits per heavy atom. The molecule has 3 aromatic rings. The third-order valence-corrected chi connectivity index (χ3v) is 9.75. The Bertz CT molecular complexity index is 1680. The summed E-state index contributed by atoms with van der Waals surface area (Å²) in [5, 5.41) is 22.7. The number of amides is 1. The van der Waals surface area contributed by atoms with Crippen molar-refractivity contribution in [1.82, 2.24) is 14.8 Å². The Balaban J connectivity index is 1.40. The molecule has 9 nitrogen and oxygen atoms in total. The third-order valence-electron chi connectivity index (χ3n) is 9.75. The maximum absolute atomic E-state index is 12.6. The van der Waals surface area contributed by atoms with Gasteiger partial charge in [-0.05, 0) is 62.9 Å². The molecule has 0 saturated carbocycles. The van der Waals surface area contributed by atoms with E-state index in [1.807, 2.05) is 0 Å². The number of carbonyl (C=O) groups is 1. The predicted octanol–water partition coefficient (Wildman–Crippen LogP) is 4.96.